The molecule has 142 valence electrons. The first kappa shape index (κ1) is 19.4. The Balaban J connectivity index is 1.80. The van der Waals surface area contributed by atoms with Crippen LogP contribution in [0.25, 0.3) is 0 Å². The maximum Gasteiger partial charge on any atom is 0.275 e. The van der Waals surface area contributed by atoms with E-state index in [1.807, 2.05) is 36.4 Å². The maximum absolute atomic E-state index is 12.2. The summed E-state index contributed by atoms with van der Waals surface area (Å²) in [4.78, 5) is 2.23. The second-order valence-electron chi connectivity index (χ2n) is 6.62. The summed E-state index contributed by atoms with van der Waals surface area (Å²) in [5, 5.41) is -0.0260. The predicted octanol–water partition coefficient (Wildman–Crippen LogP) is 3.73. The summed E-state index contributed by atoms with van der Waals surface area (Å²) in [6.45, 7) is 2.01. The Hall–Kier alpha value is -2.41. The summed E-state index contributed by atoms with van der Waals surface area (Å²) in [5.41, 5.74) is 2.39. The first-order chi connectivity index (χ1) is 12.9. The number of benzene rings is 2. The minimum Gasteiger partial charge on any atom is -0.447 e. The average molecular weight is 385 g/mol. The second-order valence-corrected chi connectivity index (χ2v) is 8.71. The minimum atomic E-state index is -3.56. The number of hydrogen-bond donors (Lipinski definition) is 0. The van der Waals surface area contributed by atoms with Gasteiger partial charge in [-0.2, -0.15) is 0 Å². The van der Waals surface area contributed by atoms with Gasteiger partial charge in [-0.1, -0.05) is 60.7 Å². The Morgan fingerprint density at radius 2 is 1.26 bits per heavy atom. The molecule has 6 heteroatoms. The first-order valence-electron chi connectivity index (χ1n) is 8.76. The van der Waals surface area contributed by atoms with Crippen LogP contribution in [0.3, 0.4) is 0 Å². The van der Waals surface area contributed by atoms with Gasteiger partial charge >= 0.3 is 0 Å². The van der Waals surface area contributed by atoms with Gasteiger partial charge in [-0.3, -0.25) is 4.90 Å². The average Bonchev–Trinajstić information content (AvgIpc) is 3.12. The Morgan fingerprint density at radius 1 is 0.741 bits per heavy atom. The zero-order valence-corrected chi connectivity index (χ0v) is 16.4. The SMILES string of the molecule is CN(C)S(=O)(=O)c1ccc(CN(Cc2ccccc2)Cc2ccccc2)o1. The molecule has 0 bridgehead atoms. The number of furan rings is 1. The van der Waals surface area contributed by atoms with Crippen molar-refractivity contribution in [3.05, 3.63) is 89.7 Å². The Kier molecular flexibility index (Phi) is 6.11. The van der Waals surface area contributed by atoms with E-state index >= 15 is 0 Å². The van der Waals surface area contributed by atoms with Crippen LogP contribution < -0.4 is 0 Å². The van der Waals surface area contributed by atoms with E-state index in [2.05, 4.69) is 29.2 Å². The van der Waals surface area contributed by atoms with Crippen molar-refractivity contribution in [3.63, 3.8) is 0 Å². The maximum atomic E-state index is 12.2. The third kappa shape index (κ3) is 5.07. The molecule has 1 heterocycles. The first-order valence-corrected chi connectivity index (χ1v) is 10.2. The second kappa shape index (κ2) is 8.52. The molecule has 0 atom stereocenters. The molecule has 0 fully saturated rings. The molecule has 0 N–H and O–H groups in total. The highest BCUT2D eigenvalue weighted by Crippen LogP contribution is 2.20. The van der Waals surface area contributed by atoms with Crippen LogP contribution in [0.2, 0.25) is 0 Å². The summed E-state index contributed by atoms with van der Waals surface area (Å²) in [7, 11) is -0.572. The summed E-state index contributed by atoms with van der Waals surface area (Å²) >= 11 is 0. The molecular formula is C21H24N2O3S. The van der Waals surface area contributed by atoms with Crippen molar-refractivity contribution in [2.75, 3.05) is 14.1 Å². The molecule has 1 aromatic heterocycles. The molecule has 3 rings (SSSR count). The smallest absolute Gasteiger partial charge is 0.275 e. The zero-order chi connectivity index (χ0) is 19.3. The molecule has 2 aromatic carbocycles. The molecule has 0 saturated heterocycles. The van der Waals surface area contributed by atoms with Crippen LogP contribution in [-0.2, 0) is 29.7 Å². The van der Waals surface area contributed by atoms with E-state index in [9.17, 15) is 8.42 Å². The quantitative estimate of drug-likeness (QED) is 0.594. The molecule has 3 aromatic rings. The van der Waals surface area contributed by atoms with Gasteiger partial charge in [-0.25, -0.2) is 12.7 Å². The van der Waals surface area contributed by atoms with Crippen LogP contribution in [0, 0.1) is 0 Å². The fourth-order valence-electron chi connectivity index (χ4n) is 2.83. The van der Waals surface area contributed by atoms with E-state index in [-0.39, 0.29) is 5.09 Å². The third-order valence-corrected chi connectivity index (χ3v) is 5.94. The molecular weight excluding hydrogens is 360 g/mol. The van der Waals surface area contributed by atoms with Gasteiger partial charge in [-0.15, -0.1) is 0 Å². The highest BCUT2D eigenvalue weighted by molar-refractivity contribution is 7.88. The van der Waals surface area contributed by atoms with E-state index in [1.54, 1.807) is 6.07 Å². The van der Waals surface area contributed by atoms with Crippen molar-refractivity contribution in [2.45, 2.75) is 24.7 Å². The van der Waals surface area contributed by atoms with E-state index in [4.69, 9.17) is 4.42 Å². The molecule has 27 heavy (non-hydrogen) atoms. The van der Waals surface area contributed by atoms with Crippen molar-refractivity contribution in [1.82, 2.24) is 9.21 Å². The highest BCUT2D eigenvalue weighted by Gasteiger charge is 2.22. The topological polar surface area (TPSA) is 53.8 Å². The summed E-state index contributed by atoms with van der Waals surface area (Å²) < 4.78 is 31.3. The van der Waals surface area contributed by atoms with Crippen LogP contribution in [0.1, 0.15) is 16.9 Å². The number of rotatable bonds is 8. The lowest BCUT2D eigenvalue weighted by molar-refractivity contribution is 0.220. The van der Waals surface area contributed by atoms with Gasteiger partial charge in [0.2, 0.25) is 5.09 Å². The van der Waals surface area contributed by atoms with Crippen LogP contribution in [-0.4, -0.2) is 31.7 Å². The Bertz CT molecular complexity index is 910. The van der Waals surface area contributed by atoms with Gasteiger partial charge in [0.25, 0.3) is 10.0 Å². The normalized spacial score (nSPS) is 12.0. The number of nitrogens with zero attached hydrogens (tertiary/aromatic N) is 2. The zero-order valence-electron chi connectivity index (χ0n) is 15.6. The van der Waals surface area contributed by atoms with Gasteiger partial charge in [-0.05, 0) is 23.3 Å². The lowest BCUT2D eigenvalue weighted by Gasteiger charge is -2.21. The van der Waals surface area contributed by atoms with E-state index < -0.39 is 10.0 Å². The lowest BCUT2D eigenvalue weighted by Crippen LogP contribution is -2.22. The van der Waals surface area contributed by atoms with Crippen LogP contribution in [0.4, 0.5) is 0 Å². The summed E-state index contributed by atoms with van der Waals surface area (Å²) in [6.07, 6.45) is 0. The van der Waals surface area contributed by atoms with Crippen LogP contribution in [0.5, 0.6) is 0 Å². The van der Waals surface area contributed by atoms with E-state index in [0.29, 0.717) is 12.3 Å². The van der Waals surface area contributed by atoms with Crippen molar-refractivity contribution < 1.29 is 12.8 Å². The standard InChI is InChI=1S/C21H24N2O3S/c1-22(2)27(24,25)21-14-13-20(26-21)17-23(15-18-9-5-3-6-10-18)16-19-11-7-4-8-12-19/h3-14H,15-17H2,1-2H3. The Labute approximate surface area is 160 Å². The van der Waals surface area contributed by atoms with Gasteiger partial charge in [0, 0.05) is 27.2 Å². The van der Waals surface area contributed by atoms with Crippen LogP contribution in [0.15, 0.2) is 82.3 Å². The van der Waals surface area contributed by atoms with Crippen molar-refractivity contribution in [2.24, 2.45) is 0 Å². The molecule has 0 saturated carbocycles. The fraction of sp³-hybridized carbons (Fsp3) is 0.238. The third-order valence-electron chi connectivity index (χ3n) is 4.25. The summed E-state index contributed by atoms with van der Waals surface area (Å²) in [5.74, 6) is 0.627. The molecule has 0 aliphatic carbocycles. The molecule has 0 aliphatic rings. The van der Waals surface area contributed by atoms with E-state index in [1.165, 1.54) is 31.3 Å². The highest BCUT2D eigenvalue weighted by atomic mass is 32.2. The molecule has 0 aliphatic heterocycles. The molecule has 0 spiro atoms. The van der Waals surface area contributed by atoms with Gasteiger partial charge in [0.1, 0.15) is 5.76 Å². The lowest BCUT2D eigenvalue weighted by atomic mass is 10.1. The van der Waals surface area contributed by atoms with Gasteiger partial charge < -0.3 is 4.42 Å². The predicted molar refractivity (Wildman–Crippen MR) is 105 cm³/mol. The minimum absolute atomic E-state index is 0.0260. The Morgan fingerprint density at radius 3 is 1.74 bits per heavy atom. The van der Waals surface area contributed by atoms with E-state index in [0.717, 1.165) is 17.4 Å². The largest absolute Gasteiger partial charge is 0.447 e. The van der Waals surface area contributed by atoms with Crippen LogP contribution >= 0.6 is 0 Å². The molecule has 5 nitrogen and oxygen atoms in total. The van der Waals surface area contributed by atoms with Crippen molar-refractivity contribution >= 4 is 10.0 Å². The van der Waals surface area contributed by atoms with Gasteiger partial charge in [0.05, 0.1) is 6.54 Å². The molecule has 0 amide bonds. The monoisotopic (exact) mass is 384 g/mol. The fourth-order valence-corrected chi connectivity index (χ4v) is 3.65. The number of hydrogen-bond acceptors (Lipinski definition) is 4. The van der Waals surface area contributed by atoms with Crippen molar-refractivity contribution in [3.8, 4) is 0 Å². The van der Waals surface area contributed by atoms with Gasteiger partial charge in [0.15, 0.2) is 0 Å². The molecule has 0 unspecified atom stereocenters. The van der Waals surface area contributed by atoms with Crippen molar-refractivity contribution in [1.29, 1.82) is 0 Å². The molecule has 0 radical (unpaired) electrons. The number of sulfonamides is 1. The summed E-state index contributed by atoms with van der Waals surface area (Å²) in [6, 6.07) is 23.7.